The third-order valence-corrected chi connectivity index (χ3v) is 3.40. The topological polar surface area (TPSA) is 47.0 Å². The molecule has 94 valence electrons. The highest BCUT2D eigenvalue weighted by atomic mass is 127. The maximum absolute atomic E-state index is 6.13. The molecule has 0 aliphatic carbocycles. The van der Waals surface area contributed by atoms with Crippen molar-refractivity contribution in [2.24, 2.45) is 0 Å². The van der Waals surface area contributed by atoms with Crippen LogP contribution in [0.2, 0.25) is 10.2 Å². The minimum Gasteiger partial charge on any atom is -0.490 e. The van der Waals surface area contributed by atoms with E-state index in [0.29, 0.717) is 16.6 Å². The van der Waals surface area contributed by atoms with Gasteiger partial charge in [-0.2, -0.15) is 0 Å². The van der Waals surface area contributed by atoms with Crippen LogP contribution >= 0.6 is 45.8 Å². The Labute approximate surface area is 128 Å². The van der Waals surface area contributed by atoms with Gasteiger partial charge in [0, 0.05) is 3.57 Å². The first kappa shape index (κ1) is 13.6. The largest absolute Gasteiger partial charge is 0.490 e. The molecular formula is C11H8Cl2IN3O. The average molecular weight is 396 g/mol. The van der Waals surface area contributed by atoms with Gasteiger partial charge in [-0.1, -0.05) is 23.2 Å². The third kappa shape index (κ3) is 2.96. The number of benzene rings is 1. The lowest BCUT2D eigenvalue weighted by atomic mass is 10.3. The zero-order chi connectivity index (χ0) is 13.1. The Morgan fingerprint density at radius 2 is 2.06 bits per heavy atom. The zero-order valence-corrected chi connectivity index (χ0v) is 12.9. The molecule has 0 unspecified atom stereocenters. The van der Waals surface area contributed by atoms with Crippen LogP contribution in [0.5, 0.6) is 5.75 Å². The Bertz CT molecular complexity index is 580. The minimum absolute atomic E-state index is 0.247. The molecule has 1 aromatic carbocycles. The van der Waals surface area contributed by atoms with Crippen molar-refractivity contribution in [1.29, 1.82) is 0 Å². The lowest BCUT2D eigenvalue weighted by Gasteiger charge is -2.11. The van der Waals surface area contributed by atoms with Crippen molar-refractivity contribution in [2.75, 3.05) is 12.4 Å². The predicted molar refractivity (Wildman–Crippen MR) is 81.0 cm³/mol. The molecule has 0 fully saturated rings. The van der Waals surface area contributed by atoms with Gasteiger partial charge in [0.05, 0.1) is 17.8 Å². The second-order valence-electron chi connectivity index (χ2n) is 3.30. The van der Waals surface area contributed by atoms with E-state index < -0.39 is 0 Å². The van der Waals surface area contributed by atoms with Crippen LogP contribution in [0.1, 0.15) is 0 Å². The van der Waals surface area contributed by atoms with E-state index in [-0.39, 0.29) is 5.15 Å². The van der Waals surface area contributed by atoms with E-state index in [1.807, 2.05) is 18.2 Å². The molecule has 1 N–H and O–H groups in total. The molecule has 0 saturated heterocycles. The van der Waals surface area contributed by atoms with E-state index in [2.05, 4.69) is 37.9 Å². The molecule has 0 aliphatic rings. The molecular weight excluding hydrogens is 388 g/mol. The van der Waals surface area contributed by atoms with Crippen molar-refractivity contribution in [1.82, 2.24) is 9.97 Å². The van der Waals surface area contributed by atoms with Gasteiger partial charge in [-0.3, -0.25) is 0 Å². The summed E-state index contributed by atoms with van der Waals surface area (Å²) in [6.07, 6.45) is 1.35. The second kappa shape index (κ2) is 5.90. The van der Waals surface area contributed by atoms with Crippen LogP contribution < -0.4 is 10.1 Å². The van der Waals surface area contributed by atoms with Crippen LogP contribution in [0.25, 0.3) is 0 Å². The Balaban J connectivity index is 2.37. The molecule has 4 nitrogen and oxygen atoms in total. The van der Waals surface area contributed by atoms with Crippen LogP contribution in [0, 0.1) is 3.57 Å². The summed E-state index contributed by atoms with van der Waals surface area (Å²) in [5.74, 6) is 0.856. The van der Waals surface area contributed by atoms with Crippen LogP contribution in [0.4, 0.5) is 11.5 Å². The second-order valence-corrected chi connectivity index (χ2v) is 5.31. The van der Waals surface area contributed by atoms with Crippen molar-refractivity contribution in [3.8, 4) is 5.75 Å². The lowest BCUT2D eigenvalue weighted by Crippen LogP contribution is -1.99. The molecule has 2 aromatic rings. The van der Waals surface area contributed by atoms with E-state index in [1.165, 1.54) is 13.4 Å². The summed E-state index contributed by atoms with van der Waals surface area (Å²) in [6.45, 7) is 0. The molecule has 0 aliphatic heterocycles. The number of halogens is 3. The van der Waals surface area contributed by atoms with E-state index in [0.717, 1.165) is 9.26 Å². The molecule has 18 heavy (non-hydrogen) atoms. The number of hydrogen-bond donors (Lipinski definition) is 1. The number of methoxy groups -OCH3 is 1. The van der Waals surface area contributed by atoms with E-state index >= 15 is 0 Å². The molecule has 0 bridgehead atoms. The molecule has 0 radical (unpaired) electrons. The van der Waals surface area contributed by atoms with E-state index in [4.69, 9.17) is 27.9 Å². The summed E-state index contributed by atoms with van der Waals surface area (Å²) in [5.41, 5.74) is 0.727. The fourth-order valence-electron chi connectivity index (χ4n) is 1.34. The summed E-state index contributed by atoms with van der Waals surface area (Å²) in [7, 11) is 1.51. The highest BCUT2D eigenvalue weighted by Gasteiger charge is 2.11. The van der Waals surface area contributed by atoms with Gasteiger partial charge in [0.2, 0.25) is 0 Å². The lowest BCUT2D eigenvalue weighted by molar-refractivity contribution is 0.413. The van der Waals surface area contributed by atoms with Crippen molar-refractivity contribution < 1.29 is 4.74 Å². The van der Waals surface area contributed by atoms with Crippen LogP contribution in [0.15, 0.2) is 24.5 Å². The summed E-state index contributed by atoms with van der Waals surface area (Å²) in [6, 6.07) is 5.64. The Kier molecular flexibility index (Phi) is 4.47. The number of anilines is 2. The van der Waals surface area contributed by atoms with Crippen molar-refractivity contribution in [2.45, 2.75) is 0 Å². The normalized spacial score (nSPS) is 10.2. The van der Waals surface area contributed by atoms with Gasteiger partial charge in [-0.25, -0.2) is 9.97 Å². The van der Waals surface area contributed by atoms with Gasteiger partial charge in [0.15, 0.2) is 16.7 Å². The SMILES string of the molecule is COc1c(Cl)ncnc1Nc1ccc(I)cc1Cl. The molecule has 0 amide bonds. The summed E-state index contributed by atoms with van der Waals surface area (Å²) in [4.78, 5) is 7.92. The average Bonchev–Trinajstić information content (AvgIpc) is 2.33. The molecule has 0 saturated carbocycles. The maximum Gasteiger partial charge on any atom is 0.199 e. The fourth-order valence-corrected chi connectivity index (χ4v) is 2.45. The standard InChI is InChI=1S/C11H8Cl2IN3O/c1-18-9-10(13)15-5-16-11(9)17-8-3-2-6(14)4-7(8)12/h2-5H,1H3,(H,15,16,17). The van der Waals surface area contributed by atoms with Gasteiger partial charge < -0.3 is 10.1 Å². The monoisotopic (exact) mass is 395 g/mol. The van der Waals surface area contributed by atoms with Crippen LogP contribution in [0.3, 0.4) is 0 Å². The Morgan fingerprint density at radius 3 is 2.72 bits per heavy atom. The molecule has 1 heterocycles. The number of aromatic nitrogens is 2. The quantitative estimate of drug-likeness (QED) is 0.626. The summed E-state index contributed by atoms with van der Waals surface area (Å²) >= 11 is 14.2. The van der Waals surface area contributed by atoms with Gasteiger partial charge in [-0.05, 0) is 40.8 Å². The number of nitrogens with one attached hydrogen (secondary N) is 1. The third-order valence-electron chi connectivity index (χ3n) is 2.15. The van der Waals surface area contributed by atoms with Crippen molar-refractivity contribution >= 4 is 57.3 Å². The summed E-state index contributed by atoms with van der Waals surface area (Å²) < 4.78 is 6.20. The van der Waals surface area contributed by atoms with Gasteiger partial charge >= 0.3 is 0 Å². The first-order chi connectivity index (χ1) is 8.61. The molecule has 0 spiro atoms. The molecule has 0 atom stereocenters. The minimum atomic E-state index is 0.247. The first-order valence-corrected chi connectivity index (χ1v) is 6.72. The number of rotatable bonds is 3. The predicted octanol–water partition coefficient (Wildman–Crippen LogP) is 4.14. The molecule has 2 rings (SSSR count). The highest BCUT2D eigenvalue weighted by Crippen LogP contribution is 2.33. The highest BCUT2D eigenvalue weighted by molar-refractivity contribution is 14.1. The van der Waals surface area contributed by atoms with Crippen LogP contribution in [-0.2, 0) is 0 Å². The Morgan fingerprint density at radius 1 is 1.28 bits per heavy atom. The van der Waals surface area contributed by atoms with Crippen LogP contribution in [-0.4, -0.2) is 17.1 Å². The molecule has 7 heteroatoms. The smallest absolute Gasteiger partial charge is 0.199 e. The maximum atomic E-state index is 6.13. The van der Waals surface area contributed by atoms with E-state index in [9.17, 15) is 0 Å². The number of nitrogens with zero attached hydrogens (tertiary/aromatic N) is 2. The van der Waals surface area contributed by atoms with Gasteiger partial charge in [-0.15, -0.1) is 0 Å². The first-order valence-electron chi connectivity index (χ1n) is 4.88. The summed E-state index contributed by atoms with van der Waals surface area (Å²) in [5, 5.41) is 3.91. The zero-order valence-electron chi connectivity index (χ0n) is 9.25. The number of ether oxygens (including phenoxy) is 1. The van der Waals surface area contributed by atoms with E-state index in [1.54, 1.807) is 0 Å². The fraction of sp³-hybridized carbons (Fsp3) is 0.0909. The van der Waals surface area contributed by atoms with Gasteiger partial charge in [0.1, 0.15) is 6.33 Å². The van der Waals surface area contributed by atoms with Crippen molar-refractivity contribution in [3.05, 3.63) is 38.3 Å². The van der Waals surface area contributed by atoms with Gasteiger partial charge in [0.25, 0.3) is 0 Å². The molecule has 1 aromatic heterocycles. The van der Waals surface area contributed by atoms with Crippen molar-refractivity contribution in [3.63, 3.8) is 0 Å². The Hall–Kier alpha value is -0.790. The number of hydrogen-bond acceptors (Lipinski definition) is 4.